The molecule has 0 saturated carbocycles. The molecular weight excluding hydrogens is 602 g/mol. The SMILES string of the molecule is CCC[C@H](NC(=O)[C@@H]1C[C@]2(CC(c3cccc(Cl)c3)=NO2)CN1C(=O)[C@@H](NC(=O)CC(C)(C)OC)C(C)(C)C)C(=O)C(=O)NC. The average molecular weight is 648 g/mol. The zero-order chi connectivity index (χ0) is 33.7. The summed E-state index contributed by atoms with van der Waals surface area (Å²) in [5.41, 5.74) is -1.16. The molecule has 12 nitrogen and oxygen atoms in total. The van der Waals surface area contributed by atoms with Crippen molar-refractivity contribution >= 4 is 46.7 Å². The Morgan fingerprint density at radius 2 is 1.84 bits per heavy atom. The van der Waals surface area contributed by atoms with Gasteiger partial charge >= 0.3 is 0 Å². The van der Waals surface area contributed by atoms with Crippen molar-refractivity contribution in [1.82, 2.24) is 20.9 Å². The fourth-order valence-corrected chi connectivity index (χ4v) is 5.73. The van der Waals surface area contributed by atoms with Crippen molar-refractivity contribution in [3.8, 4) is 0 Å². The van der Waals surface area contributed by atoms with Crippen molar-refractivity contribution in [2.24, 2.45) is 10.6 Å². The van der Waals surface area contributed by atoms with Crippen LogP contribution in [0.15, 0.2) is 29.4 Å². The maximum atomic E-state index is 14.4. The second kappa shape index (κ2) is 14.3. The van der Waals surface area contributed by atoms with Crippen molar-refractivity contribution < 1.29 is 33.5 Å². The molecule has 3 N–H and O–H groups in total. The summed E-state index contributed by atoms with van der Waals surface area (Å²) >= 11 is 6.20. The number of likely N-dealkylation sites (tertiary alicyclic amines) is 1. The highest BCUT2D eigenvalue weighted by atomic mass is 35.5. The number of carbonyl (C=O) groups is 5. The van der Waals surface area contributed by atoms with Crippen LogP contribution in [-0.4, -0.2) is 90.1 Å². The highest BCUT2D eigenvalue weighted by Gasteiger charge is 2.55. The first-order chi connectivity index (χ1) is 21.0. The lowest BCUT2D eigenvalue weighted by molar-refractivity contribution is -0.146. The molecule has 2 aliphatic heterocycles. The van der Waals surface area contributed by atoms with Gasteiger partial charge in [0.25, 0.3) is 5.91 Å². The first-order valence-electron chi connectivity index (χ1n) is 15.2. The number of carbonyl (C=O) groups excluding carboxylic acids is 5. The van der Waals surface area contributed by atoms with Gasteiger partial charge in [0.05, 0.1) is 30.3 Å². The molecule has 1 fully saturated rings. The molecule has 0 bridgehead atoms. The van der Waals surface area contributed by atoms with Gasteiger partial charge in [0.2, 0.25) is 23.5 Å². The van der Waals surface area contributed by atoms with E-state index in [1.54, 1.807) is 32.0 Å². The first kappa shape index (κ1) is 36.0. The van der Waals surface area contributed by atoms with E-state index >= 15 is 0 Å². The van der Waals surface area contributed by atoms with Gasteiger partial charge in [-0.3, -0.25) is 24.0 Å². The van der Waals surface area contributed by atoms with E-state index in [0.717, 1.165) is 5.56 Å². The molecule has 1 spiro atoms. The van der Waals surface area contributed by atoms with E-state index in [0.29, 0.717) is 23.6 Å². The number of nitrogens with zero attached hydrogens (tertiary/aromatic N) is 2. The molecule has 1 aromatic carbocycles. The highest BCUT2D eigenvalue weighted by Crippen LogP contribution is 2.40. The van der Waals surface area contributed by atoms with E-state index in [1.165, 1.54) is 19.1 Å². The molecule has 2 aliphatic rings. The van der Waals surface area contributed by atoms with Crippen molar-refractivity contribution in [1.29, 1.82) is 0 Å². The Hall–Kier alpha value is -3.51. The molecule has 4 amide bonds. The Balaban J connectivity index is 1.95. The third kappa shape index (κ3) is 8.82. The standard InChI is InChI=1S/C32H46ClN5O7/c1-9-11-21(25(40)28(42)34-7)35-27(41)23-16-32(15-22(37-45-32)19-12-10-13-20(33)14-19)18-38(23)29(43)26(30(2,3)4)36-24(39)17-31(5,6)44-8/h10,12-14,21,23,26H,9,11,15-18H2,1-8H3,(H,34,42)(H,35,41)(H,36,39)/t21-,23-,26+,32+/m0/s1. The van der Waals surface area contributed by atoms with Crippen LogP contribution in [0.25, 0.3) is 0 Å². The summed E-state index contributed by atoms with van der Waals surface area (Å²) in [6.45, 7) is 10.8. The van der Waals surface area contributed by atoms with Gasteiger partial charge in [0, 0.05) is 37.6 Å². The van der Waals surface area contributed by atoms with Crippen molar-refractivity contribution in [3.63, 3.8) is 0 Å². The summed E-state index contributed by atoms with van der Waals surface area (Å²) in [5.74, 6) is -3.06. The van der Waals surface area contributed by atoms with Gasteiger partial charge in [-0.05, 0) is 37.8 Å². The summed E-state index contributed by atoms with van der Waals surface area (Å²) in [7, 11) is 2.85. The smallest absolute Gasteiger partial charge is 0.289 e. The van der Waals surface area contributed by atoms with Gasteiger partial charge in [-0.15, -0.1) is 0 Å². The van der Waals surface area contributed by atoms with Gasteiger partial charge in [0.1, 0.15) is 12.1 Å². The molecular formula is C32H46ClN5O7. The maximum Gasteiger partial charge on any atom is 0.289 e. The summed E-state index contributed by atoms with van der Waals surface area (Å²) in [6.07, 6.45) is 1.15. The number of amides is 4. The fourth-order valence-electron chi connectivity index (χ4n) is 5.54. The largest absolute Gasteiger partial charge is 0.387 e. The quantitative estimate of drug-likeness (QED) is 0.295. The van der Waals surface area contributed by atoms with Gasteiger partial charge in [-0.1, -0.05) is 63.0 Å². The topological polar surface area (TPSA) is 156 Å². The molecule has 0 unspecified atom stereocenters. The highest BCUT2D eigenvalue weighted by molar-refractivity contribution is 6.38. The maximum absolute atomic E-state index is 14.4. The van der Waals surface area contributed by atoms with Crippen LogP contribution in [0.5, 0.6) is 0 Å². The molecule has 3 rings (SSSR count). The molecule has 248 valence electrons. The van der Waals surface area contributed by atoms with Gasteiger partial charge in [-0.2, -0.15) is 0 Å². The zero-order valence-corrected chi connectivity index (χ0v) is 28.2. The first-order valence-corrected chi connectivity index (χ1v) is 15.6. The Labute approximate surface area is 270 Å². The number of Topliss-reactive ketones (excluding diaryl/α,β-unsaturated/α-hetero) is 1. The predicted octanol–water partition coefficient (Wildman–Crippen LogP) is 2.75. The number of ketones is 1. The average Bonchev–Trinajstić information content (AvgIpc) is 3.57. The Kier molecular flexibility index (Phi) is 11.4. The van der Waals surface area contributed by atoms with E-state index in [4.69, 9.17) is 21.2 Å². The molecule has 13 heteroatoms. The van der Waals surface area contributed by atoms with E-state index in [2.05, 4.69) is 21.1 Å². The summed E-state index contributed by atoms with van der Waals surface area (Å²) in [5, 5.41) is 12.7. The molecule has 45 heavy (non-hydrogen) atoms. The zero-order valence-electron chi connectivity index (χ0n) is 27.4. The van der Waals surface area contributed by atoms with Crippen molar-refractivity contribution in [2.45, 2.75) is 103 Å². The number of rotatable bonds is 12. The number of likely N-dealkylation sites (N-methyl/N-ethyl adjacent to an activating group) is 1. The van der Waals surface area contributed by atoms with Crippen LogP contribution in [0.1, 0.15) is 79.2 Å². The Morgan fingerprint density at radius 1 is 1.16 bits per heavy atom. The van der Waals surface area contributed by atoms with Crippen LogP contribution >= 0.6 is 11.6 Å². The number of benzene rings is 1. The van der Waals surface area contributed by atoms with Gasteiger partial charge in [-0.25, -0.2) is 0 Å². The number of halogens is 1. The van der Waals surface area contributed by atoms with Crippen molar-refractivity contribution in [3.05, 3.63) is 34.9 Å². The molecule has 0 radical (unpaired) electrons. The number of methoxy groups -OCH3 is 1. The van der Waals surface area contributed by atoms with Crippen LogP contribution in [0.3, 0.4) is 0 Å². The van der Waals surface area contributed by atoms with E-state index in [9.17, 15) is 24.0 Å². The van der Waals surface area contributed by atoms with E-state index < -0.39 is 58.2 Å². The Morgan fingerprint density at radius 3 is 2.42 bits per heavy atom. The van der Waals surface area contributed by atoms with E-state index in [1.807, 2.05) is 33.8 Å². The van der Waals surface area contributed by atoms with Crippen molar-refractivity contribution in [2.75, 3.05) is 20.7 Å². The summed E-state index contributed by atoms with van der Waals surface area (Å²) in [6, 6.07) is 4.00. The van der Waals surface area contributed by atoms with Crippen LogP contribution < -0.4 is 16.0 Å². The molecule has 1 saturated heterocycles. The summed E-state index contributed by atoms with van der Waals surface area (Å²) < 4.78 is 5.40. The lowest BCUT2D eigenvalue weighted by Gasteiger charge is -2.36. The van der Waals surface area contributed by atoms with Crippen LogP contribution in [-0.2, 0) is 33.5 Å². The lowest BCUT2D eigenvalue weighted by atomic mass is 9.85. The second-order valence-corrected chi connectivity index (χ2v) is 13.9. The lowest BCUT2D eigenvalue weighted by Crippen LogP contribution is -2.59. The number of oxime groups is 1. The number of hydrogen-bond donors (Lipinski definition) is 3. The van der Waals surface area contributed by atoms with Crippen LogP contribution in [0, 0.1) is 5.41 Å². The molecule has 4 atom stereocenters. The number of hydrogen-bond acceptors (Lipinski definition) is 8. The minimum absolute atomic E-state index is 0.00529. The molecule has 0 aliphatic carbocycles. The monoisotopic (exact) mass is 647 g/mol. The molecule has 0 aromatic heterocycles. The van der Waals surface area contributed by atoms with Gasteiger partial charge in [0.15, 0.2) is 5.60 Å². The third-order valence-corrected chi connectivity index (χ3v) is 8.44. The summed E-state index contributed by atoms with van der Waals surface area (Å²) in [4.78, 5) is 73.7. The number of ether oxygens (including phenoxy) is 1. The Bertz CT molecular complexity index is 1340. The fraction of sp³-hybridized carbons (Fsp3) is 0.625. The normalized spacial score (nSPS) is 21.0. The second-order valence-electron chi connectivity index (χ2n) is 13.5. The minimum Gasteiger partial charge on any atom is -0.387 e. The molecule has 2 heterocycles. The number of nitrogens with one attached hydrogen (secondary N) is 3. The molecule has 1 aromatic rings. The van der Waals surface area contributed by atoms with Gasteiger partial charge < -0.3 is 30.4 Å². The van der Waals surface area contributed by atoms with E-state index in [-0.39, 0.29) is 31.7 Å². The third-order valence-electron chi connectivity index (χ3n) is 8.20. The predicted molar refractivity (Wildman–Crippen MR) is 170 cm³/mol. The minimum atomic E-state index is -1.08. The van der Waals surface area contributed by atoms with Crippen LogP contribution in [0.2, 0.25) is 5.02 Å². The van der Waals surface area contributed by atoms with Crippen LogP contribution in [0.4, 0.5) is 0 Å².